The Hall–Kier alpha value is -2.91. The molecule has 2 aliphatic heterocycles. The third-order valence-corrected chi connectivity index (χ3v) is 8.94. The Bertz CT molecular complexity index is 1240. The number of carbonyl (C=O) groups excluding carboxylic acids is 2. The fourth-order valence-electron chi connectivity index (χ4n) is 5.18. The zero-order valence-electron chi connectivity index (χ0n) is 19.8. The summed E-state index contributed by atoms with van der Waals surface area (Å²) in [5.74, 6) is -0.317. The standard InChI is InChI=1S/C26H31N3O5S/c30-25(27-22-11-7-9-19-8-3-4-10-21(19)22)17-29-23-16-20(12-13-24(23)34-18-26(29)31)35(32,33)28-14-5-1-2-6-15-28/h7,9,11-13,16H,1-6,8,10,14-15,17-18H2,(H,27,30). The molecule has 5 rings (SSSR count). The van der Waals surface area contributed by atoms with Crippen molar-refractivity contribution in [3.05, 3.63) is 47.5 Å². The Morgan fingerprint density at radius 3 is 2.54 bits per heavy atom. The normalized spacial score (nSPS) is 18.7. The van der Waals surface area contributed by atoms with Gasteiger partial charge in [-0.2, -0.15) is 4.31 Å². The number of sulfonamides is 1. The van der Waals surface area contributed by atoms with E-state index in [4.69, 9.17) is 4.74 Å². The average molecular weight is 498 g/mol. The van der Waals surface area contributed by atoms with E-state index in [2.05, 4.69) is 11.4 Å². The molecule has 35 heavy (non-hydrogen) atoms. The quantitative estimate of drug-likeness (QED) is 0.682. The van der Waals surface area contributed by atoms with Gasteiger partial charge in [-0.3, -0.25) is 14.5 Å². The zero-order valence-corrected chi connectivity index (χ0v) is 20.6. The van der Waals surface area contributed by atoms with E-state index in [-0.39, 0.29) is 29.9 Å². The van der Waals surface area contributed by atoms with E-state index in [9.17, 15) is 18.0 Å². The lowest BCUT2D eigenvalue weighted by molar-refractivity contribution is -0.123. The first-order chi connectivity index (χ1) is 16.9. The van der Waals surface area contributed by atoms with Crippen LogP contribution in [0.5, 0.6) is 5.75 Å². The van der Waals surface area contributed by atoms with E-state index in [0.29, 0.717) is 24.5 Å². The number of fused-ring (bicyclic) bond motifs is 2. The predicted octanol–water partition coefficient (Wildman–Crippen LogP) is 3.49. The van der Waals surface area contributed by atoms with Crippen molar-refractivity contribution in [1.82, 2.24) is 4.31 Å². The summed E-state index contributed by atoms with van der Waals surface area (Å²) < 4.78 is 33.7. The van der Waals surface area contributed by atoms with E-state index in [1.54, 1.807) is 6.07 Å². The molecule has 2 amide bonds. The number of nitrogens with zero attached hydrogens (tertiary/aromatic N) is 2. The Kier molecular flexibility index (Phi) is 6.80. The Balaban J connectivity index is 1.38. The van der Waals surface area contributed by atoms with Gasteiger partial charge in [0.15, 0.2) is 6.61 Å². The van der Waals surface area contributed by atoms with Crippen LogP contribution in [0.15, 0.2) is 41.3 Å². The van der Waals surface area contributed by atoms with Crippen LogP contribution < -0.4 is 15.0 Å². The second kappa shape index (κ2) is 9.99. The van der Waals surface area contributed by atoms with Gasteiger partial charge >= 0.3 is 0 Å². The molecule has 3 aliphatic rings. The van der Waals surface area contributed by atoms with Crippen LogP contribution in [-0.4, -0.2) is 50.8 Å². The van der Waals surface area contributed by atoms with E-state index in [1.807, 2.05) is 12.1 Å². The molecule has 8 nitrogen and oxygen atoms in total. The lowest BCUT2D eigenvalue weighted by atomic mass is 9.90. The number of carbonyl (C=O) groups is 2. The third kappa shape index (κ3) is 4.92. The van der Waals surface area contributed by atoms with Gasteiger partial charge in [0.1, 0.15) is 12.3 Å². The molecule has 9 heteroatoms. The van der Waals surface area contributed by atoms with Gasteiger partial charge in [0.05, 0.1) is 10.6 Å². The first-order valence-corrected chi connectivity index (χ1v) is 13.9. The topological polar surface area (TPSA) is 96.0 Å². The van der Waals surface area contributed by atoms with Gasteiger partial charge in [-0.15, -0.1) is 0 Å². The minimum Gasteiger partial charge on any atom is -0.482 e. The van der Waals surface area contributed by atoms with Crippen LogP contribution in [0.2, 0.25) is 0 Å². The number of hydrogen-bond donors (Lipinski definition) is 1. The number of nitrogens with one attached hydrogen (secondary N) is 1. The fourth-order valence-corrected chi connectivity index (χ4v) is 6.72. The third-order valence-electron chi connectivity index (χ3n) is 7.05. The predicted molar refractivity (Wildman–Crippen MR) is 133 cm³/mol. The molecule has 1 saturated heterocycles. The Labute approximate surface area is 206 Å². The van der Waals surface area contributed by atoms with Crippen molar-refractivity contribution in [2.24, 2.45) is 0 Å². The average Bonchev–Trinajstić information content (AvgIpc) is 3.16. The van der Waals surface area contributed by atoms with Gasteiger partial charge in [-0.05, 0) is 73.9 Å². The molecule has 186 valence electrons. The molecule has 0 saturated carbocycles. The number of anilines is 2. The molecule has 0 unspecified atom stereocenters. The van der Waals surface area contributed by atoms with Crippen molar-refractivity contribution in [2.45, 2.75) is 56.3 Å². The Morgan fingerprint density at radius 1 is 0.971 bits per heavy atom. The highest BCUT2D eigenvalue weighted by Crippen LogP contribution is 2.35. The molecule has 0 atom stereocenters. The van der Waals surface area contributed by atoms with Gasteiger partial charge < -0.3 is 10.1 Å². The summed E-state index contributed by atoms with van der Waals surface area (Å²) in [6.07, 6.45) is 7.86. The van der Waals surface area contributed by atoms with E-state index in [1.165, 1.54) is 26.9 Å². The number of aryl methyl sites for hydroxylation is 1. The van der Waals surface area contributed by atoms with Crippen molar-refractivity contribution in [2.75, 3.05) is 36.5 Å². The van der Waals surface area contributed by atoms with Gasteiger partial charge in [-0.1, -0.05) is 25.0 Å². The van der Waals surface area contributed by atoms with Crippen molar-refractivity contribution in [1.29, 1.82) is 0 Å². The summed E-state index contributed by atoms with van der Waals surface area (Å²) >= 11 is 0. The van der Waals surface area contributed by atoms with Crippen LogP contribution in [0.25, 0.3) is 0 Å². The molecule has 0 bridgehead atoms. The summed E-state index contributed by atoms with van der Waals surface area (Å²) in [4.78, 5) is 27.2. The summed E-state index contributed by atoms with van der Waals surface area (Å²) in [5.41, 5.74) is 3.50. The number of benzene rings is 2. The molecule has 0 radical (unpaired) electrons. The van der Waals surface area contributed by atoms with Crippen LogP contribution in [0.1, 0.15) is 49.7 Å². The smallest absolute Gasteiger partial charge is 0.265 e. The SMILES string of the molecule is O=C(CN1C(=O)COc2ccc(S(=O)(=O)N3CCCCCC3)cc21)Nc1cccc2c1CCCC2. The highest BCUT2D eigenvalue weighted by Gasteiger charge is 2.31. The minimum absolute atomic E-state index is 0.110. The van der Waals surface area contributed by atoms with Crippen molar-refractivity contribution < 1.29 is 22.7 Å². The van der Waals surface area contributed by atoms with Crippen LogP contribution in [0, 0.1) is 0 Å². The van der Waals surface area contributed by atoms with E-state index < -0.39 is 10.0 Å². The molecule has 0 aromatic heterocycles. The van der Waals surface area contributed by atoms with Crippen LogP contribution >= 0.6 is 0 Å². The Morgan fingerprint density at radius 2 is 1.74 bits per heavy atom. The lowest BCUT2D eigenvalue weighted by Gasteiger charge is -2.30. The minimum atomic E-state index is -3.71. The number of ether oxygens (including phenoxy) is 1. The monoisotopic (exact) mass is 497 g/mol. The molecular weight excluding hydrogens is 466 g/mol. The largest absolute Gasteiger partial charge is 0.482 e. The maximum absolute atomic E-state index is 13.3. The molecule has 2 aromatic carbocycles. The van der Waals surface area contributed by atoms with Crippen molar-refractivity contribution in [3.63, 3.8) is 0 Å². The summed E-state index contributed by atoms with van der Waals surface area (Å²) in [6.45, 7) is 0.566. The van der Waals surface area contributed by atoms with Crippen LogP contribution in [-0.2, 0) is 32.5 Å². The number of hydrogen-bond acceptors (Lipinski definition) is 5. The van der Waals surface area contributed by atoms with Gasteiger partial charge in [0.25, 0.3) is 5.91 Å². The maximum atomic E-state index is 13.3. The van der Waals surface area contributed by atoms with Crippen molar-refractivity contribution >= 4 is 33.2 Å². The highest BCUT2D eigenvalue weighted by molar-refractivity contribution is 7.89. The van der Waals surface area contributed by atoms with E-state index in [0.717, 1.165) is 62.6 Å². The molecule has 1 aliphatic carbocycles. The first-order valence-electron chi connectivity index (χ1n) is 12.4. The maximum Gasteiger partial charge on any atom is 0.265 e. The second-order valence-corrected chi connectivity index (χ2v) is 11.4. The molecule has 1 N–H and O–H groups in total. The molecule has 0 spiro atoms. The van der Waals surface area contributed by atoms with Gasteiger partial charge in [-0.25, -0.2) is 8.42 Å². The number of amides is 2. The lowest BCUT2D eigenvalue weighted by Crippen LogP contribution is -2.43. The fraction of sp³-hybridized carbons (Fsp3) is 0.462. The molecule has 1 fully saturated rings. The summed E-state index contributed by atoms with van der Waals surface area (Å²) in [6, 6.07) is 10.5. The van der Waals surface area contributed by atoms with Crippen molar-refractivity contribution in [3.8, 4) is 5.75 Å². The molecular formula is C26H31N3O5S. The number of rotatable bonds is 5. The summed E-state index contributed by atoms with van der Waals surface area (Å²) in [5, 5.41) is 2.97. The summed E-state index contributed by atoms with van der Waals surface area (Å²) in [7, 11) is -3.71. The second-order valence-electron chi connectivity index (χ2n) is 9.41. The molecule has 2 heterocycles. The van der Waals surface area contributed by atoms with Crippen LogP contribution in [0.4, 0.5) is 11.4 Å². The van der Waals surface area contributed by atoms with Gasteiger partial charge in [0.2, 0.25) is 15.9 Å². The van der Waals surface area contributed by atoms with Crippen LogP contribution in [0.3, 0.4) is 0 Å². The highest BCUT2D eigenvalue weighted by atomic mass is 32.2. The van der Waals surface area contributed by atoms with E-state index >= 15 is 0 Å². The zero-order chi connectivity index (χ0) is 24.4. The molecule has 2 aromatic rings. The van der Waals surface area contributed by atoms with Gasteiger partial charge in [0, 0.05) is 18.8 Å². The first kappa shape index (κ1) is 23.8.